The molecule has 1 aliphatic carbocycles. The molecule has 0 saturated carbocycles. The van der Waals surface area contributed by atoms with E-state index in [1.54, 1.807) is 6.07 Å². The Morgan fingerprint density at radius 2 is 2.00 bits per heavy atom. The second kappa shape index (κ2) is 3.55. The third kappa shape index (κ3) is 1.92. The molecule has 1 aliphatic rings. The van der Waals surface area contributed by atoms with Gasteiger partial charge in [0.15, 0.2) is 5.78 Å². The van der Waals surface area contributed by atoms with E-state index >= 15 is 0 Å². The minimum absolute atomic E-state index is 0.143. The maximum Gasteiger partial charge on any atom is 0.164 e. The number of halogens is 1. The normalized spacial score (nSPS) is 14.6. The summed E-state index contributed by atoms with van der Waals surface area (Å²) in [6, 6.07) is 4.67. The van der Waals surface area contributed by atoms with Crippen molar-refractivity contribution in [2.75, 3.05) is 0 Å². The molecule has 0 aromatic heterocycles. The van der Waals surface area contributed by atoms with Crippen LogP contribution in [0.2, 0.25) is 0 Å². The van der Waals surface area contributed by atoms with E-state index in [0.29, 0.717) is 6.42 Å². The van der Waals surface area contributed by atoms with E-state index in [2.05, 4.69) is 0 Å². The highest BCUT2D eigenvalue weighted by atomic mass is 19.1. The molecule has 16 heavy (non-hydrogen) atoms. The first kappa shape index (κ1) is 11.1. The molecule has 0 atom stereocenters. The third-order valence-corrected chi connectivity index (χ3v) is 2.79. The summed E-state index contributed by atoms with van der Waals surface area (Å²) in [5.74, 6) is -0.0966. The molecule has 0 bridgehead atoms. The van der Waals surface area contributed by atoms with Crippen LogP contribution in [0.3, 0.4) is 0 Å². The highest BCUT2D eigenvalue weighted by molar-refractivity contribution is 6.04. The van der Waals surface area contributed by atoms with Crippen LogP contribution in [-0.2, 0) is 11.2 Å². The van der Waals surface area contributed by atoms with E-state index in [1.807, 2.05) is 26.8 Å². The monoisotopic (exact) mass is 218 g/mol. The van der Waals surface area contributed by atoms with Crippen molar-refractivity contribution >= 4 is 11.9 Å². The first-order valence-corrected chi connectivity index (χ1v) is 5.42. The van der Waals surface area contributed by atoms with E-state index in [-0.39, 0.29) is 17.0 Å². The lowest BCUT2D eigenvalue weighted by Gasteiger charge is -2.16. The molecule has 0 heterocycles. The van der Waals surface area contributed by atoms with E-state index < -0.39 is 0 Å². The number of Topliss-reactive ketones (excluding diaryl/α,β-unsaturated/α-hetero) is 1. The van der Waals surface area contributed by atoms with Crippen LogP contribution in [-0.4, -0.2) is 5.78 Å². The van der Waals surface area contributed by atoms with Gasteiger partial charge in [0.25, 0.3) is 0 Å². The van der Waals surface area contributed by atoms with Crippen molar-refractivity contribution in [2.24, 2.45) is 5.41 Å². The third-order valence-electron chi connectivity index (χ3n) is 2.79. The summed E-state index contributed by atoms with van der Waals surface area (Å²) in [6.45, 7) is 5.71. The molecular formula is C14H15FO. The minimum atomic E-state index is -0.369. The second-order valence-corrected chi connectivity index (χ2v) is 5.27. The summed E-state index contributed by atoms with van der Waals surface area (Å²) in [4.78, 5) is 12.1. The molecule has 0 unspecified atom stereocenters. The molecule has 0 radical (unpaired) electrons. The molecule has 0 aliphatic heterocycles. The highest BCUT2D eigenvalue weighted by Gasteiger charge is 2.27. The smallest absolute Gasteiger partial charge is 0.164 e. The fourth-order valence-corrected chi connectivity index (χ4v) is 1.94. The molecule has 1 nitrogen and oxygen atoms in total. The molecule has 84 valence electrons. The van der Waals surface area contributed by atoms with Gasteiger partial charge < -0.3 is 0 Å². The number of carbonyl (C=O) groups excluding carboxylic acids is 1. The Labute approximate surface area is 95.0 Å². The summed E-state index contributed by atoms with van der Waals surface area (Å²) < 4.78 is 13.0. The van der Waals surface area contributed by atoms with Gasteiger partial charge >= 0.3 is 0 Å². The number of ketones is 1. The fraction of sp³-hybridized carbons (Fsp3) is 0.357. The van der Waals surface area contributed by atoms with Crippen LogP contribution in [0, 0.1) is 11.2 Å². The molecule has 0 spiro atoms. The second-order valence-electron chi connectivity index (χ2n) is 5.27. The SMILES string of the molecule is CC(C)(C)C(=O)C1=Cc2ccc(F)cc2C1. The van der Waals surface area contributed by atoms with Crippen molar-refractivity contribution < 1.29 is 9.18 Å². The van der Waals surface area contributed by atoms with Gasteiger partial charge in [-0.05, 0) is 29.3 Å². The van der Waals surface area contributed by atoms with Crippen LogP contribution in [0.5, 0.6) is 0 Å². The zero-order chi connectivity index (χ0) is 11.9. The quantitative estimate of drug-likeness (QED) is 0.706. The first-order valence-electron chi connectivity index (χ1n) is 5.42. The average molecular weight is 218 g/mol. The molecule has 1 aromatic carbocycles. The van der Waals surface area contributed by atoms with Gasteiger partial charge in [0.2, 0.25) is 0 Å². The predicted molar refractivity (Wildman–Crippen MR) is 62.5 cm³/mol. The maximum absolute atomic E-state index is 13.0. The van der Waals surface area contributed by atoms with Gasteiger partial charge in [-0.2, -0.15) is 0 Å². The number of rotatable bonds is 1. The Bertz CT molecular complexity index is 478. The van der Waals surface area contributed by atoms with Gasteiger partial charge in [-0.25, -0.2) is 4.39 Å². The van der Waals surface area contributed by atoms with E-state index in [4.69, 9.17) is 0 Å². The fourth-order valence-electron chi connectivity index (χ4n) is 1.94. The summed E-state index contributed by atoms with van der Waals surface area (Å²) in [5.41, 5.74) is 2.29. The van der Waals surface area contributed by atoms with E-state index in [1.165, 1.54) is 12.1 Å². The van der Waals surface area contributed by atoms with Gasteiger partial charge in [-0.3, -0.25) is 4.79 Å². The number of carbonyl (C=O) groups is 1. The number of allylic oxidation sites excluding steroid dienone is 1. The maximum atomic E-state index is 13.0. The molecule has 0 saturated heterocycles. The number of fused-ring (bicyclic) bond motifs is 1. The summed E-state index contributed by atoms with van der Waals surface area (Å²) in [7, 11) is 0. The predicted octanol–water partition coefficient (Wildman–Crippen LogP) is 3.38. The molecule has 0 N–H and O–H groups in total. The van der Waals surface area contributed by atoms with Crippen molar-refractivity contribution in [3.63, 3.8) is 0 Å². The van der Waals surface area contributed by atoms with Crippen LogP contribution in [0.25, 0.3) is 6.08 Å². The van der Waals surface area contributed by atoms with Crippen molar-refractivity contribution in [2.45, 2.75) is 27.2 Å². The average Bonchev–Trinajstić information content (AvgIpc) is 2.57. The largest absolute Gasteiger partial charge is 0.294 e. The van der Waals surface area contributed by atoms with Crippen LogP contribution < -0.4 is 0 Å². The van der Waals surface area contributed by atoms with Crippen molar-refractivity contribution in [3.05, 3.63) is 40.7 Å². The Hall–Kier alpha value is -1.44. The lowest BCUT2D eigenvalue weighted by atomic mass is 9.86. The van der Waals surface area contributed by atoms with Crippen molar-refractivity contribution in [1.82, 2.24) is 0 Å². The number of benzene rings is 1. The number of hydrogen-bond donors (Lipinski definition) is 0. The molecule has 0 fully saturated rings. The molecule has 2 heteroatoms. The highest BCUT2D eigenvalue weighted by Crippen LogP contribution is 2.30. The Morgan fingerprint density at radius 1 is 1.31 bits per heavy atom. The lowest BCUT2D eigenvalue weighted by molar-refractivity contribution is -0.122. The zero-order valence-corrected chi connectivity index (χ0v) is 9.80. The van der Waals surface area contributed by atoms with Gasteiger partial charge in [-0.15, -0.1) is 0 Å². The van der Waals surface area contributed by atoms with Crippen molar-refractivity contribution in [3.8, 4) is 0 Å². The lowest BCUT2D eigenvalue weighted by Crippen LogP contribution is -2.21. The van der Waals surface area contributed by atoms with Crippen molar-refractivity contribution in [1.29, 1.82) is 0 Å². The zero-order valence-electron chi connectivity index (χ0n) is 9.80. The molecule has 1 aromatic rings. The Morgan fingerprint density at radius 3 is 2.62 bits per heavy atom. The van der Waals surface area contributed by atoms with Gasteiger partial charge in [0, 0.05) is 17.4 Å². The van der Waals surface area contributed by atoms with E-state index in [9.17, 15) is 9.18 Å². The Balaban J connectivity index is 2.30. The minimum Gasteiger partial charge on any atom is -0.294 e. The van der Waals surface area contributed by atoms with Gasteiger partial charge in [0.1, 0.15) is 5.82 Å². The summed E-state index contributed by atoms with van der Waals surface area (Å²) in [6.07, 6.45) is 2.44. The molecular weight excluding hydrogens is 203 g/mol. The van der Waals surface area contributed by atoms with E-state index in [0.717, 1.165) is 16.7 Å². The first-order chi connectivity index (χ1) is 7.38. The van der Waals surface area contributed by atoms with Gasteiger partial charge in [0.05, 0.1) is 0 Å². The Kier molecular flexibility index (Phi) is 2.45. The van der Waals surface area contributed by atoms with Crippen LogP contribution in [0.4, 0.5) is 4.39 Å². The van der Waals surface area contributed by atoms with Crippen LogP contribution in [0.1, 0.15) is 31.9 Å². The standard InChI is InChI=1S/C14H15FO/c1-14(2,3)13(16)11-6-9-4-5-12(15)8-10(9)7-11/h4-6,8H,7H2,1-3H3. The van der Waals surface area contributed by atoms with Gasteiger partial charge in [-0.1, -0.05) is 26.8 Å². The van der Waals surface area contributed by atoms with Crippen LogP contribution >= 0.6 is 0 Å². The summed E-state index contributed by atoms with van der Waals surface area (Å²) in [5, 5.41) is 0. The number of hydrogen-bond acceptors (Lipinski definition) is 1. The topological polar surface area (TPSA) is 17.1 Å². The van der Waals surface area contributed by atoms with Crippen LogP contribution in [0.15, 0.2) is 23.8 Å². The summed E-state index contributed by atoms with van der Waals surface area (Å²) >= 11 is 0. The molecule has 0 amide bonds. The molecule has 2 rings (SSSR count).